The van der Waals surface area contributed by atoms with E-state index in [0.717, 1.165) is 22.5 Å². The van der Waals surface area contributed by atoms with Crippen molar-refractivity contribution in [3.05, 3.63) is 24.0 Å². The van der Waals surface area contributed by atoms with Crippen LogP contribution < -0.4 is 11.1 Å². The maximum absolute atomic E-state index is 12.0. The number of anilines is 1. The normalized spacial score (nSPS) is 13.7. The molecule has 0 aliphatic heterocycles. The Kier molecular flexibility index (Phi) is 4.05. The lowest BCUT2D eigenvalue weighted by Crippen LogP contribution is -2.39. The topological polar surface area (TPSA) is 83.8 Å². The van der Waals surface area contributed by atoms with E-state index in [-0.39, 0.29) is 17.2 Å². The molecule has 1 atom stereocenters. The molecule has 0 bridgehead atoms. The minimum atomic E-state index is -0.507. The molecule has 5 heteroatoms. The second-order valence-electron chi connectivity index (χ2n) is 6.83. The predicted octanol–water partition coefficient (Wildman–Crippen LogP) is 2.78. The zero-order valence-electron chi connectivity index (χ0n) is 13.3. The molecule has 21 heavy (non-hydrogen) atoms. The van der Waals surface area contributed by atoms with Crippen molar-refractivity contribution in [2.24, 2.45) is 11.7 Å². The lowest BCUT2D eigenvalue weighted by Gasteiger charge is -2.15. The summed E-state index contributed by atoms with van der Waals surface area (Å²) in [6, 6.07) is 5.13. The van der Waals surface area contributed by atoms with Gasteiger partial charge in [-0.25, -0.2) is 4.98 Å². The molecule has 0 radical (unpaired) electrons. The van der Waals surface area contributed by atoms with Gasteiger partial charge in [0, 0.05) is 11.1 Å². The summed E-state index contributed by atoms with van der Waals surface area (Å²) in [5, 5.41) is 2.85. The quantitative estimate of drug-likeness (QED) is 0.812. The third-order valence-electron chi connectivity index (χ3n) is 3.48. The average Bonchev–Trinajstić information content (AvgIpc) is 2.80. The Morgan fingerprint density at radius 2 is 2.00 bits per heavy atom. The predicted molar refractivity (Wildman–Crippen MR) is 86.2 cm³/mol. The zero-order chi connectivity index (χ0) is 15.8. The van der Waals surface area contributed by atoms with Gasteiger partial charge in [-0.05, 0) is 24.1 Å². The number of nitrogens with one attached hydrogen (secondary N) is 2. The monoisotopic (exact) mass is 288 g/mol. The number of benzene rings is 1. The summed E-state index contributed by atoms with van der Waals surface area (Å²) in [6.07, 6.45) is 0. The van der Waals surface area contributed by atoms with Crippen LogP contribution in [0.2, 0.25) is 0 Å². The highest BCUT2D eigenvalue weighted by Gasteiger charge is 2.19. The molecule has 0 saturated carbocycles. The van der Waals surface area contributed by atoms with Gasteiger partial charge in [-0.3, -0.25) is 4.79 Å². The van der Waals surface area contributed by atoms with Crippen molar-refractivity contribution in [3.8, 4) is 0 Å². The molecular weight excluding hydrogens is 264 g/mol. The van der Waals surface area contributed by atoms with Gasteiger partial charge in [-0.1, -0.05) is 34.6 Å². The number of aromatic nitrogens is 2. The molecule has 0 unspecified atom stereocenters. The number of amides is 1. The minimum absolute atomic E-state index is 0.0393. The Morgan fingerprint density at radius 1 is 1.33 bits per heavy atom. The van der Waals surface area contributed by atoms with E-state index in [4.69, 9.17) is 5.73 Å². The molecule has 0 fully saturated rings. The molecule has 114 valence electrons. The molecule has 0 aliphatic rings. The molecule has 1 heterocycles. The first kappa shape index (κ1) is 15.5. The minimum Gasteiger partial charge on any atom is -0.341 e. The first-order valence-electron chi connectivity index (χ1n) is 7.25. The van der Waals surface area contributed by atoms with Gasteiger partial charge >= 0.3 is 0 Å². The summed E-state index contributed by atoms with van der Waals surface area (Å²) in [7, 11) is 0. The van der Waals surface area contributed by atoms with Gasteiger partial charge < -0.3 is 16.0 Å². The third kappa shape index (κ3) is 3.42. The van der Waals surface area contributed by atoms with Gasteiger partial charge in [0.2, 0.25) is 5.91 Å². The fourth-order valence-corrected chi connectivity index (χ4v) is 1.97. The van der Waals surface area contributed by atoms with E-state index in [1.54, 1.807) is 0 Å². The highest BCUT2D eigenvalue weighted by molar-refractivity contribution is 5.96. The van der Waals surface area contributed by atoms with Crippen molar-refractivity contribution in [2.45, 2.75) is 46.1 Å². The number of rotatable bonds is 3. The summed E-state index contributed by atoms with van der Waals surface area (Å²) in [4.78, 5) is 19.9. The highest BCUT2D eigenvalue weighted by atomic mass is 16.2. The van der Waals surface area contributed by atoms with Crippen LogP contribution in [0.1, 0.15) is 40.4 Å². The van der Waals surface area contributed by atoms with Crippen LogP contribution in [0, 0.1) is 5.92 Å². The summed E-state index contributed by atoms with van der Waals surface area (Å²) in [6.45, 7) is 10.2. The summed E-state index contributed by atoms with van der Waals surface area (Å²) in [5.74, 6) is 0.869. The Labute approximate surface area is 125 Å². The largest absolute Gasteiger partial charge is 0.341 e. The molecule has 2 rings (SSSR count). The lowest BCUT2D eigenvalue weighted by molar-refractivity contribution is -0.118. The number of nitrogens with two attached hydrogens (primary N) is 1. The van der Waals surface area contributed by atoms with E-state index in [9.17, 15) is 4.79 Å². The number of carbonyl (C=O) groups excluding carboxylic acids is 1. The molecule has 4 N–H and O–H groups in total. The van der Waals surface area contributed by atoms with Gasteiger partial charge in [0.15, 0.2) is 0 Å². The molecule has 2 aromatic rings. The molecular formula is C16H24N4O. The van der Waals surface area contributed by atoms with Gasteiger partial charge in [-0.15, -0.1) is 0 Å². The van der Waals surface area contributed by atoms with E-state index in [2.05, 4.69) is 36.1 Å². The fraction of sp³-hybridized carbons (Fsp3) is 0.500. The smallest absolute Gasteiger partial charge is 0.241 e. The van der Waals surface area contributed by atoms with Crippen LogP contribution in [0.3, 0.4) is 0 Å². The number of H-pyrrole nitrogens is 1. The number of hydrogen-bond donors (Lipinski definition) is 3. The zero-order valence-corrected chi connectivity index (χ0v) is 13.3. The Bertz CT molecular complexity index is 652. The molecule has 5 nitrogen and oxygen atoms in total. The summed E-state index contributed by atoms with van der Waals surface area (Å²) in [5.41, 5.74) is 8.35. The number of imidazole rings is 1. The molecule has 1 aromatic heterocycles. The van der Waals surface area contributed by atoms with Crippen molar-refractivity contribution in [1.82, 2.24) is 9.97 Å². The summed E-state index contributed by atoms with van der Waals surface area (Å²) < 4.78 is 0. The van der Waals surface area contributed by atoms with Crippen molar-refractivity contribution in [3.63, 3.8) is 0 Å². The Balaban J connectivity index is 2.25. The lowest BCUT2D eigenvalue weighted by atomic mass is 9.96. The van der Waals surface area contributed by atoms with Crippen LogP contribution in [0.15, 0.2) is 18.2 Å². The number of nitrogens with zero attached hydrogens (tertiary/aromatic N) is 1. The van der Waals surface area contributed by atoms with Gasteiger partial charge in [0.1, 0.15) is 5.82 Å². The first-order valence-corrected chi connectivity index (χ1v) is 7.25. The maximum Gasteiger partial charge on any atom is 0.241 e. The maximum atomic E-state index is 12.0. The standard InChI is InChI=1S/C16H24N4O/c1-9(2)13(17)14(21)18-10-6-7-11-12(8-10)20-15(19-11)16(3,4)5/h6-9,13H,17H2,1-5H3,(H,18,21)(H,19,20)/t13-/m1/s1. The van der Waals surface area contributed by atoms with Crippen molar-refractivity contribution in [1.29, 1.82) is 0 Å². The van der Waals surface area contributed by atoms with Crippen molar-refractivity contribution >= 4 is 22.6 Å². The highest BCUT2D eigenvalue weighted by Crippen LogP contribution is 2.24. The van der Waals surface area contributed by atoms with E-state index in [0.29, 0.717) is 0 Å². The molecule has 0 spiro atoms. The van der Waals surface area contributed by atoms with Crippen molar-refractivity contribution < 1.29 is 4.79 Å². The number of carbonyl (C=O) groups is 1. The third-order valence-corrected chi connectivity index (χ3v) is 3.48. The van der Waals surface area contributed by atoms with Gasteiger partial charge in [-0.2, -0.15) is 0 Å². The van der Waals surface area contributed by atoms with E-state index >= 15 is 0 Å². The number of aromatic amines is 1. The van der Waals surface area contributed by atoms with Gasteiger partial charge in [0.05, 0.1) is 17.1 Å². The molecule has 1 aromatic carbocycles. The second kappa shape index (κ2) is 5.48. The van der Waals surface area contributed by atoms with E-state index < -0.39 is 6.04 Å². The SMILES string of the molecule is CC(C)[C@@H](N)C(=O)Nc1ccc2nc(C(C)(C)C)[nH]c2c1. The average molecular weight is 288 g/mol. The molecule has 0 aliphatic carbocycles. The van der Waals surface area contributed by atoms with Crippen LogP contribution in [-0.2, 0) is 10.2 Å². The van der Waals surface area contributed by atoms with E-state index in [1.807, 2.05) is 32.0 Å². The number of fused-ring (bicyclic) bond motifs is 1. The van der Waals surface area contributed by atoms with Crippen LogP contribution in [-0.4, -0.2) is 21.9 Å². The summed E-state index contributed by atoms with van der Waals surface area (Å²) >= 11 is 0. The Morgan fingerprint density at radius 3 is 2.57 bits per heavy atom. The first-order chi connectivity index (χ1) is 9.68. The van der Waals surface area contributed by atoms with Crippen LogP contribution in [0.25, 0.3) is 11.0 Å². The van der Waals surface area contributed by atoms with Crippen LogP contribution in [0.5, 0.6) is 0 Å². The van der Waals surface area contributed by atoms with Gasteiger partial charge in [0.25, 0.3) is 0 Å². The van der Waals surface area contributed by atoms with E-state index in [1.165, 1.54) is 0 Å². The van der Waals surface area contributed by atoms with Crippen molar-refractivity contribution in [2.75, 3.05) is 5.32 Å². The Hall–Kier alpha value is -1.88. The number of hydrogen-bond acceptors (Lipinski definition) is 3. The molecule has 1 amide bonds. The fourth-order valence-electron chi connectivity index (χ4n) is 1.97. The van der Waals surface area contributed by atoms with Crippen LogP contribution >= 0.6 is 0 Å². The molecule has 0 saturated heterocycles. The second-order valence-corrected chi connectivity index (χ2v) is 6.83. The van der Waals surface area contributed by atoms with Crippen LogP contribution in [0.4, 0.5) is 5.69 Å².